The molecule has 4 aromatic rings. The number of nitrogens with zero attached hydrogens (tertiary/aromatic N) is 2. The van der Waals surface area contributed by atoms with Crippen LogP contribution in [0.2, 0.25) is 5.02 Å². The summed E-state index contributed by atoms with van der Waals surface area (Å²) >= 11 is 5.93. The first-order valence-electron chi connectivity index (χ1n) is 7.12. The molecule has 0 fully saturated rings. The fourth-order valence-corrected chi connectivity index (χ4v) is 2.50. The van der Waals surface area contributed by atoms with Gasteiger partial charge >= 0.3 is 0 Å². The van der Waals surface area contributed by atoms with Crippen LogP contribution in [0.15, 0.2) is 71.4 Å². The first-order chi connectivity index (χ1) is 11.3. The SMILES string of the molecule is Clc1ccc(-c2cc3c(Nc4ccccc4)ncnc3o2)cc1. The molecule has 23 heavy (non-hydrogen) atoms. The van der Waals surface area contributed by atoms with Gasteiger partial charge in [-0.2, -0.15) is 0 Å². The van der Waals surface area contributed by atoms with E-state index in [1.54, 1.807) is 0 Å². The van der Waals surface area contributed by atoms with Gasteiger partial charge in [0.25, 0.3) is 0 Å². The lowest BCUT2D eigenvalue weighted by Crippen LogP contribution is -1.94. The lowest BCUT2D eigenvalue weighted by Gasteiger charge is -2.04. The lowest BCUT2D eigenvalue weighted by molar-refractivity contribution is 0.617. The van der Waals surface area contributed by atoms with Crippen LogP contribution in [-0.4, -0.2) is 9.97 Å². The van der Waals surface area contributed by atoms with E-state index in [0.29, 0.717) is 16.6 Å². The molecule has 2 heterocycles. The van der Waals surface area contributed by atoms with E-state index in [2.05, 4.69) is 15.3 Å². The third kappa shape index (κ3) is 2.76. The smallest absolute Gasteiger partial charge is 0.231 e. The summed E-state index contributed by atoms with van der Waals surface area (Å²) in [5.74, 6) is 1.44. The minimum Gasteiger partial charge on any atom is -0.438 e. The first-order valence-corrected chi connectivity index (χ1v) is 7.50. The number of halogens is 1. The quantitative estimate of drug-likeness (QED) is 0.557. The highest BCUT2D eigenvalue weighted by atomic mass is 35.5. The number of fused-ring (bicyclic) bond motifs is 1. The molecule has 4 rings (SSSR count). The van der Waals surface area contributed by atoms with Gasteiger partial charge in [-0.25, -0.2) is 9.97 Å². The number of rotatable bonds is 3. The Morgan fingerprint density at radius 1 is 0.913 bits per heavy atom. The Morgan fingerprint density at radius 2 is 1.70 bits per heavy atom. The molecule has 2 aromatic carbocycles. The van der Waals surface area contributed by atoms with Gasteiger partial charge < -0.3 is 9.73 Å². The van der Waals surface area contributed by atoms with Crippen molar-refractivity contribution in [2.75, 3.05) is 5.32 Å². The zero-order valence-electron chi connectivity index (χ0n) is 12.0. The molecule has 4 nitrogen and oxygen atoms in total. The van der Waals surface area contributed by atoms with Gasteiger partial charge in [0.2, 0.25) is 5.71 Å². The molecule has 0 radical (unpaired) electrons. The van der Waals surface area contributed by atoms with Crippen molar-refractivity contribution in [3.05, 3.63) is 72.0 Å². The van der Waals surface area contributed by atoms with E-state index >= 15 is 0 Å². The molecule has 2 aromatic heterocycles. The van der Waals surface area contributed by atoms with Crippen molar-refractivity contribution in [3.8, 4) is 11.3 Å². The van der Waals surface area contributed by atoms with Gasteiger partial charge in [-0.15, -0.1) is 0 Å². The molecule has 0 amide bonds. The molecule has 5 heteroatoms. The summed E-state index contributed by atoms with van der Waals surface area (Å²) in [6, 6.07) is 19.3. The number of hydrogen-bond acceptors (Lipinski definition) is 4. The van der Waals surface area contributed by atoms with Crippen molar-refractivity contribution in [2.24, 2.45) is 0 Å². The highest BCUT2D eigenvalue weighted by Crippen LogP contribution is 2.31. The first kappa shape index (κ1) is 13.8. The van der Waals surface area contributed by atoms with E-state index in [9.17, 15) is 0 Å². The van der Waals surface area contributed by atoms with E-state index in [1.165, 1.54) is 6.33 Å². The second kappa shape index (κ2) is 5.74. The molecule has 0 aliphatic rings. The van der Waals surface area contributed by atoms with E-state index in [1.807, 2.05) is 60.7 Å². The number of anilines is 2. The Morgan fingerprint density at radius 3 is 2.48 bits per heavy atom. The molecule has 0 aliphatic carbocycles. The molecule has 112 valence electrons. The van der Waals surface area contributed by atoms with E-state index in [0.717, 1.165) is 22.4 Å². The second-order valence-corrected chi connectivity index (χ2v) is 5.49. The van der Waals surface area contributed by atoms with E-state index in [4.69, 9.17) is 16.0 Å². The molecule has 0 saturated carbocycles. The summed E-state index contributed by atoms with van der Waals surface area (Å²) < 4.78 is 5.84. The molecular formula is C18H12ClN3O. The summed E-state index contributed by atoms with van der Waals surface area (Å²) in [6.07, 6.45) is 1.49. The summed E-state index contributed by atoms with van der Waals surface area (Å²) in [5, 5.41) is 4.81. The Balaban J connectivity index is 1.77. The van der Waals surface area contributed by atoms with Crippen LogP contribution in [0.1, 0.15) is 0 Å². The van der Waals surface area contributed by atoms with Gasteiger partial charge in [-0.3, -0.25) is 0 Å². The minimum atomic E-state index is 0.545. The topological polar surface area (TPSA) is 51.0 Å². The number of furan rings is 1. The van der Waals surface area contributed by atoms with E-state index in [-0.39, 0.29) is 0 Å². The Bertz CT molecular complexity index is 949. The largest absolute Gasteiger partial charge is 0.438 e. The van der Waals surface area contributed by atoms with Crippen LogP contribution >= 0.6 is 11.6 Å². The van der Waals surface area contributed by atoms with Crippen molar-refractivity contribution in [1.29, 1.82) is 0 Å². The van der Waals surface area contributed by atoms with Gasteiger partial charge in [-0.1, -0.05) is 29.8 Å². The Kier molecular flexibility index (Phi) is 3.44. The van der Waals surface area contributed by atoms with Gasteiger partial charge in [-0.05, 0) is 42.5 Å². The van der Waals surface area contributed by atoms with Crippen LogP contribution in [0.3, 0.4) is 0 Å². The fourth-order valence-electron chi connectivity index (χ4n) is 2.37. The molecule has 0 saturated heterocycles. The summed E-state index contributed by atoms with van der Waals surface area (Å²) in [4.78, 5) is 8.52. The van der Waals surface area contributed by atoms with Gasteiger partial charge in [0.1, 0.15) is 17.9 Å². The lowest BCUT2D eigenvalue weighted by atomic mass is 10.1. The maximum absolute atomic E-state index is 5.93. The molecule has 0 spiro atoms. The Labute approximate surface area is 137 Å². The van der Waals surface area contributed by atoms with Crippen molar-refractivity contribution in [2.45, 2.75) is 0 Å². The highest BCUT2D eigenvalue weighted by Gasteiger charge is 2.12. The van der Waals surface area contributed by atoms with Crippen LogP contribution in [0.25, 0.3) is 22.4 Å². The van der Waals surface area contributed by atoms with Gasteiger partial charge in [0.15, 0.2) is 0 Å². The van der Waals surface area contributed by atoms with Crippen LogP contribution in [-0.2, 0) is 0 Å². The monoisotopic (exact) mass is 321 g/mol. The molecule has 0 unspecified atom stereocenters. The minimum absolute atomic E-state index is 0.545. The zero-order valence-corrected chi connectivity index (χ0v) is 12.8. The second-order valence-electron chi connectivity index (χ2n) is 5.05. The van der Waals surface area contributed by atoms with Gasteiger partial charge in [0, 0.05) is 16.3 Å². The average molecular weight is 322 g/mol. The summed E-state index contributed by atoms with van der Waals surface area (Å²) in [5.41, 5.74) is 2.45. The molecule has 1 N–H and O–H groups in total. The maximum Gasteiger partial charge on any atom is 0.231 e. The molecule has 0 atom stereocenters. The van der Waals surface area contributed by atoms with Crippen molar-refractivity contribution in [3.63, 3.8) is 0 Å². The predicted octanol–water partition coefficient (Wildman–Crippen LogP) is 5.29. The predicted molar refractivity (Wildman–Crippen MR) is 92.0 cm³/mol. The molecule has 0 aliphatic heterocycles. The van der Waals surface area contributed by atoms with Crippen LogP contribution < -0.4 is 5.32 Å². The standard InChI is InChI=1S/C18H12ClN3O/c19-13-8-6-12(7-9-13)16-10-15-17(20-11-21-18(15)23-16)22-14-4-2-1-3-5-14/h1-11H,(H,20,21,22). The number of aromatic nitrogens is 2. The number of hydrogen-bond donors (Lipinski definition) is 1. The summed E-state index contributed by atoms with van der Waals surface area (Å²) in [6.45, 7) is 0. The van der Waals surface area contributed by atoms with Crippen LogP contribution in [0.4, 0.5) is 11.5 Å². The number of nitrogens with one attached hydrogen (secondary N) is 1. The fraction of sp³-hybridized carbons (Fsp3) is 0. The van der Waals surface area contributed by atoms with Crippen molar-refractivity contribution >= 4 is 34.2 Å². The highest BCUT2D eigenvalue weighted by molar-refractivity contribution is 6.30. The summed E-state index contributed by atoms with van der Waals surface area (Å²) in [7, 11) is 0. The van der Waals surface area contributed by atoms with Crippen LogP contribution in [0.5, 0.6) is 0 Å². The molecule has 0 bridgehead atoms. The number of benzene rings is 2. The third-order valence-electron chi connectivity index (χ3n) is 3.49. The number of para-hydroxylation sites is 1. The maximum atomic E-state index is 5.93. The normalized spacial score (nSPS) is 10.8. The van der Waals surface area contributed by atoms with Gasteiger partial charge in [0.05, 0.1) is 5.39 Å². The average Bonchev–Trinajstić information content (AvgIpc) is 3.02. The van der Waals surface area contributed by atoms with Crippen molar-refractivity contribution < 1.29 is 4.42 Å². The molecular weight excluding hydrogens is 310 g/mol. The third-order valence-corrected chi connectivity index (χ3v) is 3.75. The van der Waals surface area contributed by atoms with E-state index < -0.39 is 0 Å². The Hall–Kier alpha value is -2.85. The zero-order chi connectivity index (χ0) is 15.6. The van der Waals surface area contributed by atoms with Crippen LogP contribution in [0, 0.1) is 0 Å². The van der Waals surface area contributed by atoms with Crippen molar-refractivity contribution in [1.82, 2.24) is 9.97 Å².